The summed E-state index contributed by atoms with van der Waals surface area (Å²) >= 11 is 11.8. The fourth-order valence-electron chi connectivity index (χ4n) is 1.49. The fourth-order valence-corrected chi connectivity index (χ4v) is 2.00. The van der Waals surface area contributed by atoms with Gasteiger partial charge in [-0.3, -0.25) is 0 Å². The zero-order chi connectivity index (χ0) is 13.3. The van der Waals surface area contributed by atoms with Crippen LogP contribution in [0.4, 0.5) is 5.69 Å². The second-order valence-corrected chi connectivity index (χ2v) is 4.28. The lowest BCUT2D eigenvalue weighted by molar-refractivity contribution is 0.0691. The fraction of sp³-hybridized carbons (Fsp3) is 0. The summed E-state index contributed by atoms with van der Waals surface area (Å²) in [4.78, 5) is 15.0. The summed E-state index contributed by atoms with van der Waals surface area (Å²) in [7, 11) is 0. The Labute approximate surface area is 113 Å². The first-order chi connectivity index (χ1) is 8.52. The molecular weight excluding hydrogens is 275 g/mol. The number of aromatic carboxylic acids is 1. The van der Waals surface area contributed by atoms with E-state index in [9.17, 15) is 4.79 Å². The minimum Gasteiger partial charge on any atom is -0.476 e. The molecule has 0 amide bonds. The SMILES string of the molecule is Nc1c(Cl)c(C(=O)O)nc(-c2ccccc2)c1Cl. The Morgan fingerprint density at radius 3 is 2.33 bits per heavy atom. The summed E-state index contributed by atoms with van der Waals surface area (Å²) in [5, 5.41) is 9.01. The molecule has 2 rings (SSSR count). The van der Waals surface area contributed by atoms with Gasteiger partial charge in [0.1, 0.15) is 0 Å². The predicted octanol–water partition coefficient (Wildman–Crippen LogP) is 3.34. The van der Waals surface area contributed by atoms with Crippen LogP contribution in [0.25, 0.3) is 11.3 Å². The maximum Gasteiger partial charge on any atom is 0.356 e. The average molecular weight is 283 g/mol. The predicted molar refractivity (Wildman–Crippen MR) is 71.1 cm³/mol. The van der Waals surface area contributed by atoms with Crippen molar-refractivity contribution in [3.05, 3.63) is 46.1 Å². The van der Waals surface area contributed by atoms with Crippen molar-refractivity contribution in [3.8, 4) is 11.3 Å². The van der Waals surface area contributed by atoms with Crippen LogP contribution in [0.5, 0.6) is 0 Å². The molecule has 0 radical (unpaired) electrons. The number of nitrogens with two attached hydrogens (primary N) is 1. The molecule has 0 bridgehead atoms. The van der Waals surface area contributed by atoms with Crippen molar-refractivity contribution in [2.75, 3.05) is 5.73 Å². The van der Waals surface area contributed by atoms with Gasteiger partial charge in [0.2, 0.25) is 0 Å². The number of aromatic nitrogens is 1. The molecule has 4 nitrogen and oxygen atoms in total. The zero-order valence-corrected chi connectivity index (χ0v) is 10.5. The highest BCUT2D eigenvalue weighted by molar-refractivity contribution is 6.41. The lowest BCUT2D eigenvalue weighted by Crippen LogP contribution is -2.06. The van der Waals surface area contributed by atoms with Crippen molar-refractivity contribution < 1.29 is 9.90 Å². The highest BCUT2D eigenvalue weighted by Crippen LogP contribution is 2.36. The van der Waals surface area contributed by atoms with Gasteiger partial charge in [-0.1, -0.05) is 53.5 Å². The number of halogens is 2. The van der Waals surface area contributed by atoms with E-state index in [1.807, 2.05) is 6.07 Å². The number of carboxylic acids is 1. The van der Waals surface area contributed by atoms with Crippen molar-refractivity contribution in [1.82, 2.24) is 4.98 Å². The van der Waals surface area contributed by atoms with Gasteiger partial charge in [-0.2, -0.15) is 0 Å². The number of rotatable bonds is 2. The smallest absolute Gasteiger partial charge is 0.356 e. The molecule has 18 heavy (non-hydrogen) atoms. The molecule has 0 spiro atoms. The number of hydrogen-bond acceptors (Lipinski definition) is 3. The quantitative estimate of drug-likeness (QED) is 0.886. The molecule has 0 saturated carbocycles. The molecule has 3 N–H and O–H groups in total. The van der Waals surface area contributed by atoms with Crippen LogP contribution in [0.2, 0.25) is 10.0 Å². The van der Waals surface area contributed by atoms with Crippen LogP contribution in [0.15, 0.2) is 30.3 Å². The van der Waals surface area contributed by atoms with Crippen molar-refractivity contribution in [1.29, 1.82) is 0 Å². The van der Waals surface area contributed by atoms with E-state index in [0.29, 0.717) is 11.3 Å². The zero-order valence-electron chi connectivity index (χ0n) is 9.02. The first-order valence-electron chi connectivity index (χ1n) is 4.95. The highest BCUT2D eigenvalue weighted by atomic mass is 35.5. The molecule has 0 saturated heterocycles. The number of anilines is 1. The molecule has 0 fully saturated rings. The van der Waals surface area contributed by atoms with Gasteiger partial charge in [-0.05, 0) is 0 Å². The third-order valence-corrected chi connectivity index (χ3v) is 3.13. The van der Waals surface area contributed by atoms with Gasteiger partial charge in [0.15, 0.2) is 5.69 Å². The number of carbonyl (C=O) groups is 1. The van der Waals surface area contributed by atoms with Gasteiger partial charge >= 0.3 is 5.97 Å². The second kappa shape index (κ2) is 4.84. The Balaban J connectivity index is 2.73. The first kappa shape index (κ1) is 12.7. The van der Waals surface area contributed by atoms with Gasteiger partial charge < -0.3 is 10.8 Å². The van der Waals surface area contributed by atoms with Crippen LogP contribution in [0.1, 0.15) is 10.5 Å². The summed E-state index contributed by atoms with van der Waals surface area (Å²) in [5.74, 6) is -1.25. The van der Waals surface area contributed by atoms with E-state index >= 15 is 0 Å². The molecule has 1 heterocycles. The Hall–Kier alpha value is -1.78. The third kappa shape index (κ3) is 2.12. The van der Waals surface area contributed by atoms with Gasteiger partial charge in [0, 0.05) is 5.56 Å². The molecule has 1 aromatic carbocycles. The molecule has 2 aromatic rings. The van der Waals surface area contributed by atoms with E-state index in [1.165, 1.54) is 0 Å². The molecule has 0 aliphatic rings. The summed E-state index contributed by atoms with van der Waals surface area (Å²) in [5.41, 5.74) is 6.38. The summed E-state index contributed by atoms with van der Waals surface area (Å²) in [6.07, 6.45) is 0. The average Bonchev–Trinajstić information content (AvgIpc) is 2.37. The van der Waals surface area contributed by atoms with Crippen LogP contribution in [-0.4, -0.2) is 16.1 Å². The van der Waals surface area contributed by atoms with Crippen LogP contribution in [0.3, 0.4) is 0 Å². The molecule has 0 aliphatic heterocycles. The third-order valence-electron chi connectivity index (χ3n) is 2.36. The molecular formula is C12H8Cl2N2O2. The second-order valence-electron chi connectivity index (χ2n) is 3.52. The van der Waals surface area contributed by atoms with Crippen LogP contribution >= 0.6 is 23.2 Å². The maximum absolute atomic E-state index is 11.0. The summed E-state index contributed by atoms with van der Waals surface area (Å²) < 4.78 is 0. The molecule has 0 aliphatic carbocycles. The Morgan fingerprint density at radius 2 is 1.78 bits per heavy atom. The Morgan fingerprint density at radius 1 is 1.17 bits per heavy atom. The summed E-state index contributed by atoms with van der Waals surface area (Å²) in [6, 6.07) is 8.92. The number of nitrogen functional groups attached to an aromatic ring is 1. The minimum absolute atomic E-state index is 0.0181. The molecule has 1 aromatic heterocycles. The maximum atomic E-state index is 11.0. The molecule has 0 atom stereocenters. The van der Waals surface area contributed by atoms with Crippen molar-refractivity contribution in [2.24, 2.45) is 0 Å². The van der Waals surface area contributed by atoms with Crippen molar-refractivity contribution in [3.63, 3.8) is 0 Å². The van der Waals surface area contributed by atoms with E-state index in [1.54, 1.807) is 24.3 Å². The standard InChI is InChI=1S/C12H8Cl2N2O2/c13-7-9(15)8(14)11(12(17)18)16-10(7)6-4-2-1-3-5-6/h1-5H,(H2,15,16)(H,17,18). The van der Waals surface area contributed by atoms with Gasteiger partial charge in [-0.15, -0.1) is 0 Å². The van der Waals surface area contributed by atoms with Crippen LogP contribution in [-0.2, 0) is 0 Å². The van der Waals surface area contributed by atoms with E-state index in [-0.39, 0.29) is 21.4 Å². The largest absolute Gasteiger partial charge is 0.476 e. The lowest BCUT2D eigenvalue weighted by Gasteiger charge is -2.10. The van der Waals surface area contributed by atoms with Gasteiger partial charge in [0.05, 0.1) is 21.4 Å². The number of carboxylic acid groups (broad SMARTS) is 1. The lowest BCUT2D eigenvalue weighted by atomic mass is 10.1. The number of pyridine rings is 1. The van der Waals surface area contributed by atoms with Crippen LogP contribution in [0, 0.1) is 0 Å². The molecule has 6 heteroatoms. The molecule has 0 unspecified atom stereocenters. The highest BCUT2D eigenvalue weighted by Gasteiger charge is 2.20. The van der Waals surface area contributed by atoms with E-state index in [2.05, 4.69) is 4.98 Å². The van der Waals surface area contributed by atoms with Crippen LogP contribution < -0.4 is 5.73 Å². The van der Waals surface area contributed by atoms with E-state index < -0.39 is 5.97 Å². The van der Waals surface area contributed by atoms with E-state index in [4.69, 9.17) is 34.0 Å². The first-order valence-corrected chi connectivity index (χ1v) is 5.71. The van der Waals surface area contributed by atoms with Crippen molar-refractivity contribution in [2.45, 2.75) is 0 Å². The Kier molecular flexibility index (Phi) is 3.41. The number of nitrogens with zero attached hydrogens (tertiary/aromatic N) is 1. The minimum atomic E-state index is -1.25. The van der Waals surface area contributed by atoms with E-state index in [0.717, 1.165) is 0 Å². The van der Waals surface area contributed by atoms with Gasteiger partial charge in [-0.25, -0.2) is 9.78 Å². The topological polar surface area (TPSA) is 76.2 Å². The summed E-state index contributed by atoms with van der Waals surface area (Å²) in [6.45, 7) is 0. The molecule has 92 valence electrons. The number of hydrogen-bond donors (Lipinski definition) is 2. The van der Waals surface area contributed by atoms with Crippen molar-refractivity contribution >= 4 is 34.9 Å². The normalized spacial score (nSPS) is 10.3. The van der Waals surface area contributed by atoms with Gasteiger partial charge in [0.25, 0.3) is 0 Å². The Bertz CT molecular complexity index is 615. The monoisotopic (exact) mass is 282 g/mol. The number of benzene rings is 1.